The topological polar surface area (TPSA) is 51.2 Å². The Morgan fingerprint density at radius 1 is 1.04 bits per heavy atom. The molecule has 3 rings (SSSR count). The monoisotopic (exact) mass is 354 g/mol. The number of carbonyl (C=O) groups excluding carboxylic acids is 1. The van der Waals surface area contributed by atoms with Crippen molar-refractivity contribution in [2.24, 2.45) is 0 Å². The van der Waals surface area contributed by atoms with E-state index in [2.05, 4.69) is 10.3 Å². The van der Waals surface area contributed by atoms with Crippen LogP contribution in [-0.2, 0) is 6.42 Å². The first-order valence-electron chi connectivity index (χ1n) is 7.90. The van der Waals surface area contributed by atoms with Gasteiger partial charge in [0.25, 0.3) is 5.91 Å². The van der Waals surface area contributed by atoms with E-state index in [0.29, 0.717) is 12.1 Å². The number of nitrogens with one attached hydrogen (secondary N) is 1. The van der Waals surface area contributed by atoms with Gasteiger partial charge in [-0.1, -0.05) is 18.2 Å². The Bertz CT molecular complexity index is 890. The molecule has 0 radical (unpaired) electrons. The van der Waals surface area contributed by atoms with Crippen molar-refractivity contribution in [3.05, 3.63) is 89.2 Å². The van der Waals surface area contributed by atoms with E-state index in [0.717, 1.165) is 29.1 Å². The Labute approximate surface area is 149 Å². The number of ether oxygens (including phenoxy) is 1. The number of benzene rings is 2. The van der Waals surface area contributed by atoms with Gasteiger partial charge in [0, 0.05) is 12.1 Å². The van der Waals surface area contributed by atoms with Crippen LogP contribution in [0, 0.1) is 11.6 Å². The van der Waals surface area contributed by atoms with Gasteiger partial charge < -0.3 is 10.1 Å². The summed E-state index contributed by atoms with van der Waals surface area (Å²) in [6.45, 7) is 0. The third kappa shape index (κ3) is 4.03. The Hall–Kier alpha value is -3.28. The van der Waals surface area contributed by atoms with Crippen LogP contribution in [0.4, 0.5) is 14.5 Å². The molecule has 0 aliphatic rings. The molecule has 1 aromatic heterocycles. The summed E-state index contributed by atoms with van der Waals surface area (Å²) < 4.78 is 32.4. The predicted octanol–water partition coefficient (Wildman–Crippen LogP) is 4.21. The van der Waals surface area contributed by atoms with E-state index < -0.39 is 23.1 Å². The van der Waals surface area contributed by atoms with Crippen molar-refractivity contribution in [3.63, 3.8) is 0 Å². The van der Waals surface area contributed by atoms with Crippen LogP contribution in [0.15, 0.2) is 60.8 Å². The third-order valence-corrected chi connectivity index (χ3v) is 3.82. The molecule has 0 aliphatic heterocycles. The lowest BCUT2D eigenvalue weighted by Crippen LogP contribution is -2.16. The quantitative estimate of drug-likeness (QED) is 0.747. The Morgan fingerprint density at radius 3 is 2.31 bits per heavy atom. The maximum absolute atomic E-state index is 13.6. The first kappa shape index (κ1) is 17.5. The lowest BCUT2D eigenvalue weighted by Gasteiger charge is -2.08. The highest BCUT2D eigenvalue weighted by Crippen LogP contribution is 2.17. The number of amides is 1. The average molecular weight is 354 g/mol. The molecule has 1 amide bonds. The number of halogens is 2. The molecule has 1 heterocycles. The van der Waals surface area contributed by atoms with E-state index in [1.807, 2.05) is 24.3 Å². The summed E-state index contributed by atoms with van der Waals surface area (Å²) in [6.07, 6.45) is 2.07. The normalized spacial score (nSPS) is 10.4. The first-order chi connectivity index (χ1) is 12.6. The van der Waals surface area contributed by atoms with Gasteiger partial charge in [-0.3, -0.25) is 9.78 Å². The van der Waals surface area contributed by atoms with Crippen LogP contribution in [0.2, 0.25) is 0 Å². The maximum Gasteiger partial charge on any atom is 0.261 e. The second kappa shape index (κ2) is 7.74. The lowest BCUT2D eigenvalue weighted by molar-refractivity contribution is 0.101. The molecule has 3 aromatic rings. The van der Waals surface area contributed by atoms with Crippen molar-refractivity contribution in [3.8, 4) is 5.75 Å². The number of hydrogen-bond donors (Lipinski definition) is 1. The molecule has 132 valence electrons. The van der Waals surface area contributed by atoms with Crippen LogP contribution in [0.1, 0.15) is 21.6 Å². The van der Waals surface area contributed by atoms with Crippen molar-refractivity contribution < 1.29 is 18.3 Å². The summed E-state index contributed by atoms with van der Waals surface area (Å²) in [4.78, 5) is 16.3. The van der Waals surface area contributed by atoms with Crippen LogP contribution in [0.3, 0.4) is 0 Å². The number of rotatable bonds is 5. The van der Waals surface area contributed by atoms with Crippen molar-refractivity contribution >= 4 is 11.6 Å². The van der Waals surface area contributed by atoms with Gasteiger partial charge in [0.2, 0.25) is 0 Å². The first-order valence-corrected chi connectivity index (χ1v) is 7.90. The van der Waals surface area contributed by atoms with Gasteiger partial charge in [-0.25, -0.2) is 8.78 Å². The smallest absolute Gasteiger partial charge is 0.261 e. The molecule has 0 fully saturated rings. The Kier molecular flexibility index (Phi) is 5.22. The molecule has 0 unspecified atom stereocenters. The fourth-order valence-electron chi connectivity index (χ4n) is 2.46. The van der Waals surface area contributed by atoms with E-state index in [4.69, 9.17) is 4.74 Å². The SMILES string of the molecule is COc1ccc(Cc2ccc(NC(=O)c3c(F)cccc3F)cn2)cc1. The predicted molar refractivity (Wildman–Crippen MR) is 94.3 cm³/mol. The zero-order valence-corrected chi connectivity index (χ0v) is 14.0. The molecule has 1 N–H and O–H groups in total. The summed E-state index contributed by atoms with van der Waals surface area (Å²) in [5.74, 6) is -1.90. The highest BCUT2D eigenvalue weighted by Gasteiger charge is 2.17. The van der Waals surface area contributed by atoms with Crippen LogP contribution in [0.5, 0.6) is 5.75 Å². The minimum atomic E-state index is -0.911. The van der Waals surface area contributed by atoms with Crippen molar-refractivity contribution in [2.75, 3.05) is 12.4 Å². The molecule has 0 aliphatic carbocycles. The highest BCUT2D eigenvalue weighted by atomic mass is 19.1. The van der Waals surface area contributed by atoms with Gasteiger partial charge in [0.15, 0.2) is 0 Å². The highest BCUT2D eigenvalue weighted by molar-refractivity contribution is 6.04. The van der Waals surface area contributed by atoms with Crippen LogP contribution in [0.25, 0.3) is 0 Å². The van der Waals surface area contributed by atoms with E-state index in [1.54, 1.807) is 19.2 Å². The van der Waals surface area contributed by atoms with Crippen LogP contribution in [-0.4, -0.2) is 18.0 Å². The fraction of sp³-hybridized carbons (Fsp3) is 0.100. The lowest BCUT2D eigenvalue weighted by atomic mass is 10.1. The standard InChI is InChI=1S/C20H16F2N2O2/c1-26-16-9-5-13(6-10-16)11-14-7-8-15(12-23-14)24-20(25)19-17(21)3-2-4-18(19)22/h2-10,12H,11H2,1H3,(H,24,25). The summed E-state index contributed by atoms with van der Waals surface area (Å²) >= 11 is 0. The minimum absolute atomic E-state index is 0.358. The van der Waals surface area contributed by atoms with Crippen molar-refractivity contribution in [1.29, 1.82) is 0 Å². The van der Waals surface area contributed by atoms with E-state index in [1.165, 1.54) is 12.3 Å². The minimum Gasteiger partial charge on any atom is -0.497 e. The van der Waals surface area contributed by atoms with Crippen LogP contribution >= 0.6 is 0 Å². The second-order valence-corrected chi connectivity index (χ2v) is 5.61. The number of anilines is 1. The summed E-state index contributed by atoms with van der Waals surface area (Å²) in [6, 6.07) is 14.3. The number of aromatic nitrogens is 1. The van der Waals surface area contributed by atoms with Gasteiger partial charge in [-0.15, -0.1) is 0 Å². The molecule has 4 nitrogen and oxygen atoms in total. The number of pyridine rings is 1. The van der Waals surface area contributed by atoms with Gasteiger partial charge in [0.1, 0.15) is 22.9 Å². The molecule has 0 bridgehead atoms. The average Bonchev–Trinajstić information content (AvgIpc) is 2.64. The molecule has 0 atom stereocenters. The maximum atomic E-state index is 13.6. The van der Waals surface area contributed by atoms with Gasteiger partial charge in [-0.2, -0.15) is 0 Å². The number of hydrogen-bond acceptors (Lipinski definition) is 3. The zero-order chi connectivity index (χ0) is 18.5. The van der Waals surface area contributed by atoms with Gasteiger partial charge in [-0.05, 0) is 42.0 Å². The van der Waals surface area contributed by atoms with E-state index >= 15 is 0 Å². The van der Waals surface area contributed by atoms with Crippen LogP contribution < -0.4 is 10.1 Å². The number of carbonyl (C=O) groups is 1. The van der Waals surface area contributed by atoms with Gasteiger partial charge in [0.05, 0.1) is 19.0 Å². The largest absolute Gasteiger partial charge is 0.497 e. The summed E-state index contributed by atoms with van der Waals surface area (Å²) in [5, 5.41) is 2.45. The third-order valence-electron chi connectivity index (χ3n) is 3.82. The molecule has 2 aromatic carbocycles. The van der Waals surface area contributed by atoms with E-state index in [-0.39, 0.29) is 0 Å². The molecule has 0 spiro atoms. The second-order valence-electron chi connectivity index (χ2n) is 5.61. The Balaban J connectivity index is 1.68. The molecule has 26 heavy (non-hydrogen) atoms. The number of methoxy groups -OCH3 is 1. The van der Waals surface area contributed by atoms with Crippen molar-refractivity contribution in [2.45, 2.75) is 6.42 Å². The molecule has 0 saturated carbocycles. The fourth-order valence-corrected chi connectivity index (χ4v) is 2.46. The van der Waals surface area contributed by atoms with Crippen molar-refractivity contribution in [1.82, 2.24) is 4.98 Å². The van der Waals surface area contributed by atoms with Gasteiger partial charge >= 0.3 is 0 Å². The summed E-state index contributed by atoms with van der Waals surface area (Å²) in [5.41, 5.74) is 1.60. The molecular formula is C20H16F2N2O2. The molecule has 0 saturated heterocycles. The Morgan fingerprint density at radius 2 is 1.73 bits per heavy atom. The molecule has 6 heteroatoms. The number of nitrogens with zero attached hydrogens (tertiary/aromatic N) is 1. The molecular weight excluding hydrogens is 338 g/mol. The van der Waals surface area contributed by atoms with E-state index in [9.17, 15) is 13.6 Å². The zero-order valence-electron chi connectivity index (χ0n) is 14.0. The summed E-state index contributed by atoms with van der Waals surface area (Å²) in [7, 11) is 1.61.